The van der Waals surface area contributed by atoms with Crippen LogP contribution >= 0.6 is 11.7 Å². The van der Waals surface area contributed by atoms with Crippen LogP contribution in [0.25, 0.3) is 55.5 Å². The van der Waals surface area contributed by atoms with Gasteiger partial charge < -0.3 is 9.47 Å². The molecule has 0 amide bonds. The van der Waals surface area contributed by atoms with Crippen LogP contribution in [0.5, 0.6) is 11.5 Å². The lowest BCUT2D eigenvalue weighted by Crippen LogP contribution is -2.25. The Morgan fingerprint density at radius 3 is 0.918 bits per heavy atom. The lowest BCUT2D eigenvalue weighted by Gasteiger charge is -2.33. The first-order chi connectivity index (χ1) is 42.0. The minimum absolute atomic E-state index is 0.0487. The van der Waals surface area contributed by atoms with Crippen molar-refractivity contribution in [3.63, 3.8) is 0 Å². The van der Waals surface area contributed by atoms with E-state index in [1.807, 2.05) is 0 Å². The quantitative estimate of drug-likeness (QED) is 0.0357. The molecule has 0 spiro atoms. The number of unbranched alkanes of at least 4 members (excludes halogenated alkanes) is 30. The van der Waals surface area contributed by atoms with Crippen LogP contribution in [-0.2, 0) is 10.8 Å². The number of fused-ring (bicyclic) bond motifs is 7. The summed E-state index contributed by atoms with van der Waals surface area (Å²) in [5.74, 6) is 1.74. The van der Waals surface area contributed by atoms with E-state index in [2.05, 4.69) is 126 Å². The maximum atomic E-state index is 7.52. The van der Waals surface area contributed by atoms with Crippen LogP contribution in [0.1, 0.15) is 321 Å². The highest BCUT2D eigenvalue weighted by Gasteiger charge is 2.44. The topological polar surface area (TPSA) is 44.2 Å². The fraction of sp³-hybridized carbons (Fsp3) is 0.625. The third-order valence-corrected chi connectivity index (χ3v) is 20.6. The second-order valence-corrected chi connectivity index (χ2v) is 27.0. The molecule has 6 aromatic rings. The van der Waals surface area contributed by atoms with Gasteiger partial charge in [0.05, 0.1) is 36.1 Å². The molecule has 2 aliphatic carbocycles. The van der Waals surface area contributed by atoms with E-state index < -0.39 is 0 Å². The fourth-order valence-electron chi connectivity index (χ4n) is 15.3. The van der Waals surface area contributed by atoms with Crippen molar-refractivity contribution in [3.8, 4) is 56.0 Å². The summed E-state index contributed by atoms with van der Waals surface area (Å²) in [5.41, 5.74) is 18.1. The van der Waals surface area contributed by atoms with Crippen LogP contribution in [0.4, 0.5) is 0 Å². The Morgan fingerprint density at radius 2 is 0.588 bits per heavy atom. The maximum Gasteiger partial charge on any atom is 0.172 e. The van der Waals surface area contributed by atoms with Crippen molar-refractivity contribution in [2.75, 3.05) is 13.2 Å². The molecule has 0 saturated carbocycles. The van der Waals surface area contributed by atoms with E-state index in [4.69, 9.17) is 18.2 Å². The average Bonchev–Trinajstić information content (AvgIpc) is 1.91. The van der Waals surface area contributed by atoms with Gasteiger partial charge in [-0.15, -0.1) is 0 Å². The molecule has 0 N–H and O–H groups in total. The van der Waals surface area contributed by atoms with Crippen LogP contribution in [0, 0.1) is 0 Å². The van der Waals surface area contributed by atoms with Crippen LogP contribution in [0.2, 0.25) is 0 Å². The highest BCUT2D eigenvalue weighted by Crippen LogP contribution is 2.59. The molecule has 0 radical (unpaired) electrons. The van der Waals surface area contributed by atoms with Gasteiger partial charge in [0.2, 0.25) is 0 Å². The molecule has 5 heteroatoms. The molecular formula is C80H116N2O2S. The summed E-state index contributed by atoms with van der Waals surface area (Å²) in [6.45, 7) is 15.3. The monoisotopic (exact) mass is 1170 g/mol. The van der Waals surface area contributed by atoms with E-state index in [0.717, 1.165) is 59.3 Å². The van der Waals surface area contributed by atoms with Crippen molar-refractivity contribution in [1.82, 2.24) is 8.75 Å². The molecular weight excluding hydrogens is 1050 g/mol. The van der Waals surface area contributed by atoms with E-state index in [1.165, 1.54) is 287 Å². The molecule has 0 saturated heterocycles. The fourth-order valence-corrected chi connectivity index (χ4v) is 15.8. The van der Waals surface area contributed by atoms with Crippen molar-refractivity contribution in [2.24, 2.45) is 0 Å². The Balaban J connectivity index is 1.30. The predicted octanol–water partition coefficient (Wildman–Crippen LogP) is 26.0. The second kappa shape index (κ2) is 36.1. The molecule has 0 atom stereocenters. The molecule has 0 bridgehead atoms. The standard InChI is InChI=1S/C80H116N2O2S/c1-7-13-19-25-31-41-55-79(56-42-32-26-20-14-8-2)69-49-39-37-47-65(69)67-53-51-63(61-71(67)79)73-75-76(82-85-81-75)74(78(84-60-46-36-30-24-18-12-6)77(73)83-59-45-35-29-23-17-11-5)64-52-54-68-66-48-38-40-50-70(66)80(72(68)62-64,57-43-33-27-21-15-9-3)58-44-34-28-22-16-10-4/h37-40,47-54,61-62H,7-36,41-46,55-60H2,1-6H3. The zero-order chi connectivity index (χ0) is 59.4. The number of ether oxygens (including phenoxy) is 2. The first kappa shape index (κ1) is 66.5. The van der Waals surface area contributed by atoms with Crippen molar-refractivity contribution in [3.05, 3.63) is 107 Å². The van der Waals surface area contributed by atoms with E-state index in [-0.39, 0.29) is 10.8 Å². The molecule has 0 fully saturated rings. The molecule has 4 nitrogen and oxygen atoms in total. The van der Waals surface area contributed by atoms with E-state index in [9.17, 15) is 0 Å². The van der Waals surface area contributed by atoms with Crippen LogP contribution in [0.3, 0.4) is 0 Å². The minimum Gasteiger partial charge on any atom is -0.489 e. The largest absolute Gasteiger partial charge is 0.489 e. The summed E-state index contributed by atoms with van der Waals surface area (Å²) in [4.78, 5) is 0. The second-order valence-electron chi connectivity index (χ2n) is 26.4. The molecule has 0 aliphatic heterocycles. The summed E-state index contributed by atoms with van der Waals surface area (Å²) in [5, 5.41) is 0. The number of hydrogen-bond donors (Lipinski definition) is 0. The molecule has 464 valence electrons. The maximum absolute atomic E-state index is 7.52. The molecule has 5 aromatic carbocycles. The van der Waals surface area contributed by atoms with Crippen LogP contribution in [-0.4, -0.2) is 22.0 Å². The van der Waals surface area contributed by atoms with E-state index in [0.29, 0.717) is 13.2 Å². The Morgan fingerprint density at radius 1 is 0.306 bits per heavy atom. The highest BCUT2D eigenvalue weighted by molar-refractivity contribution is 7.00. The van der Waals surface area contributed by atoms with Gasteiger partial charge in [0.1, 0.15) is 11.0 Å². The zero-order valence-corrected chi connectivity index (χ0v) is 55.7. The number of aromatic nitrogens is 2. The Labute approximate surface area is 523 Å². The van der Waals surface area contributed by atoms with Gasteiger partial charge >= 0.3 is 0 Å². The highest BCUT2D eigenvalue weighted by atomic mass is 32.1. The van der Waals surface area contributed by atoms with Crippen molar-refractivity contribution in [2.45, 2.75) is 309 Å². The van der Waals surface area contributed by atoms with Crippen LogP contribution < -0.4 is 9.47 Å². The molecule has 1 aromatic heterocycles. The van der Waals surface area contributed by atoms with Crippen molar-refractivity contribution in [1.29, 1.82) is 0 Å². The van der Waals surface area contributed by atoms with Gasteiger partial charge in [-0.2, -0.15) is 8.75 Å². The summed E-state index contributed by atoms with van der Waals surface area (Å²) >= 11 is 1.36. The lowest BCUT2D eigenvalue weighted by molar-refractivity contribution is 0.260. The smallest absolute Gasteiger partial charge is 0.172 e. The first-order valence-corrected chi connectivity index (χ1v) is 36.8. The minimum atomic E-state index is -0.0487. The average molecular weight is 1170 g/mol. The van der Waals surface area contributed by atoms with Gasteiger partial charge in [0.15, 0.2) is 11.5 Å². The number of benzene rings is 5. The Kier molecular flexibility index (Phi) is 28.2. The summed E-state index contributed by atoms with van der Waals surface area (Å²) in [6, 6.07) is 34.0. The van der Waals surface area contributed by atoms with Gasteiger partial charge in [-0.1, -0.05) is 333 Å². The SMILES string of the molecule is CCCCCCCCOc1c(OCCCCCCCC)c(-c2ccc3c(c2)C(CCCCCCCC)(CCCCCCCC)c2ccccc2-3)c2nsnc2c1-c1ccc2c(c1)C(CCCCCCCC)(CCCCCCCC)c1ccccc1-2. The summed E-state index contributed by atoms with van der Waals surface area (Å²) in [7, 11) is 0. The van der Waals surface area contributed by atoms with Crippen molar-refractivity contribution < 1.29 is 9.47 Å². The van der Waals surface area contributed by atoms with Gasteiger partial charge in [-0.3, -0.25) is 0 Å². The van der Waals surface area contributed by atoms with E-state index in [1.54, 1.807) is 11.1 Å². The predicted molar refractivity (Wildman–Crippen MR) is 370 cm³/mol. The first-order valence-electron chi connectivity index (χ1n) is 36.1. The molecule has 8 rings (SSSR count). The van der Waals surface area contributed by atoms with Gasteiger partial charge in [0, 0.05) is 10.8 Å². The number of nitrogens with zero attached hydrogens (tertiary/aromatic N) is 2. The summed E-state index contributed by atoms with van der Waals surface area (Å²) < 4.78 is 25.9. The lowest BCUT2D eigenvalue weighted by atomic mass is 9.70. The molecule has 1 heterocycles. The third-order valence-electron chi connectivity index (χ3n) is 20.1. The van der Waals surface area contributed by atoms with Crippen LogP contribution in [0.15, 0.2) is 84.9 Å². The number of hydrogen-bond acceptors (Lipinski definition) is 5. The van der Waals surface area contributed by atoms with Gasteiger partial charge in [-0.05, 0) is 106 Å². The molecule has 0 unspecified atom stereocenters. The van der Waals surface area contributed by atoms with Crippen molar-refractivity contribution >= 4 is 22.8 Å². The summed E-state index contributed by atoms with van der Waals surface area (Å²) in [6.07, 6.45) is 50.6. The Hall–Kier alpha value is -4.48. The Bertz CT molecular complexity index is 2650. The normalized spacial score (nSPS) is 13.6. The van der Waals surface area contributed by atoms with Gasteiger partial charge in [0.25, 0.3) is 0 Å². The van der Waals surface area contributed by atoms with Gasteiger partial charge in [-0.25, -0.2) is 0 Å². The molecule has 2 aliphatic rings. The van der Waals surface area contributed by atoms with E-state index >= 15 is 0 Å². The molecule has 85 heavy (non-hydrogen) atoms. The number of rotatable bonds is 46. The third kappa shape index (κ3) is 17.0. The zero-order valence-electron chi connectivity index (χ0n) is 54.9.